The van der Waals surface area contributed by atoms with Crippen molar-refractivity contribution in [3.63, 3.8) is 0 Å². The van der Waals surface area contributed by atoms with Crippen molar-refractivity contribution >= 4 is 38.8 Å². The van der Waals surface area contributed by atoms with Gasteiger partial charge in [-0.15, -0.1) is 0 Å². The van der Waals surface area contributed by atoms with Crippen molar-refractivity contribution in [3.8, 4) is 33.6 Å². The van der Waals surface area contributed by atoms with E-state index in [2.05, 4.69) is 202 Å². The maximum absolute atomic E-state index is 2.56. The van der Waals surface area contributed by atoms with Gasteiger partial charge < -0.3 is 9.13 Å². The first-order valence-corrected chi connectivity index (χ1v) is 24.3. The number of benzene rings is 6. The number of hydrogen-bond acceptors (Lipinski definition) is 0. The maximum atomic E-state index is 2.56. The van der Waals surface area contributed by atoms with Crippen molar-refractivity contribution in [2.45, 2.75) is 111 Å². The molecule has 320 valence electrons. The standard InChI is InChI=1S/C61H66N2/c1-6-10-20-44(8-3)39-46-27-31-48(32-28-46)49-33-37-60-55(41-49)53-23-16-18-26-58(53)63(60)57-25-17-15-22-52(57)50-34-38-59-56(42-50)54-24-14-12-13-19-43(5)61(54)62(59)51-35-29-47(30-36-51)40-45(9-4)21-11-7-2/h12-18,22-38,41-45H,6-11,19-21,39-40H2,1-5H3/b13-12+,24-14?. The zero-order valence-electron chi connectivity index (χ0n) is 38.4. The van der Waals surface area contributed by atoms with Crippen LogP contribution in [0.4, 0.5) is 0 Å². The van der Waals surface area contributed by atoms with Gasteiger partial charge in [0.05, 0.1) is 22.2 Å². The van der Waals surface area contributed by atoms with E-state index < -0.39 is 0 Å². The highest BCUT2D eigenvalue weighted by Gasteiger charge is 2.24. The Hall–Kier alpha value is -5.86. The van der Waals surface area contributed by atoms with Gasteiger partial charge in [-0.2, -0.15) is 0 Å². The van der Waals surface area contributed by atoms with Crippen molar-refractivity contribution in [2.24, 2.45) is 11.8 Å². The second-order valence-corrected chi connectivity index (χ2v) is 18.5. The van der Waals surface area contributed by atoms with Gasteiger partial charge in [-0.3, -0.25) is 0 Å². The SMILES string of the molecule is CCCCC(CC)Cc1ccc(-c2ccc3c(c2)c2ccccc2n3-c2ccccc2-c2ccc3c(c2)c2c(n3-c3ccc(CC(CC)CCCC)cc3)C(C)C/C=C/C=C2)cc1. The zero-order chi connectivity index (χ0) is 43.3. The Morgan fingerprint density at radius 3 is 1.83 bits per heavy atom. The second kappa shape index (κ2) is 19.3. The largest absolute Gasteiger partial charge is 0.313 e. The summed E-state index contributed by atoms with van der Waals surface area (Å²) in [6, 6.07) is 51.1. The zero-order valence-corrected chi connectivity index (χ0v) is 38.4. The minimum Gasteiger partial charge on any atom is -0.313 e. The molecule has 9 rings (SSSR count). The van der Waals surface area contributed by atoms with Gasteiger partial charge in [-0.05, 0) is 107 Å². The molecule has 0 N–H and O–H groups in total. The Labute approximate surface area is 377 Å². The summed E-state index contributed by atoms with van der Waals surface area (Å²) in [6.45, 7) is 11.7. The summed E-state index contributed by atoms with van der Waals surface area (Å²) in [6.07, 6.45) is 22.8. The molecule has 0 aliphatic heterocycles. The Balaban J connectivity index is 1.11. The predicted molar refractivity (Wildman–Crippen MR) is 274 cm³/mol. The van der Waals surface area contributed by atoms with E-state index in [0.29, 0.717) is 5.92 Å². The van der Waals surface area contributed by atoms with Gasteiger partial charge in [0.15, 0.2) is 0 Å². The lowest BCUT2D eigenvalue weighted by molar-refractivity contribution is 0.449. The minimum atomic E-state index is 0.368. The van der Waals surface area contributed by atoms with E-state index in [0.717, 1.165) is 24.7 Å². The van der Waals surface area contributed by atoms with Gasteiger partial charge in [0.2, 0.25) is 0 Å². The molecular formula is C61H66N2. The summed E-state index contributed by atoms with van der Waals surface area (Å²) in [4.78, 5) is 0. The number of nitrogens with zero attached hydrogens (tertiary/aromatic N) is 2. The topological polar surface area (TPSA) is 9.86 Å². The van der Waals surface area contributed by atoms with E-state index in [4.69, 9.17) is 0 Å². The molecule has 6 aromatic carbocycles. The highest BCUT2D eigenvalue weighted by Crippen LogP contribution is 2.42. The molecule has 0 amide bonds. The molecule has 1 aliphatic carbocycles. The predicted octanol–water partition coefficient (Wildman–Crippen LogP) is 17.7. The lowest BCUT2D eigenvalue weighted by Crippen LogP contribution is -2.06. The third-order valence-electron chi connectivity index (χ3n) is 14.3. The Bertz CT molecular complexity index is 2880. The van der Waals surface area contributed by atoms with E-state index in [1.807, 2.05) is 0 Å². The fourth-order valence-corrected chi connectivity index (χ4v) is 10.6. The van der Waals surface area contributed by atoms with Gasteiger partial charge >= 0.3 is 0 Å². The number of hydrogen-bond donors (Lipinski definition) is 0. The minimum absolute atomic E-state index is 0.368. The first kappa shape index (κ1) is 42.4. The fourth-order valence-electron chi connectivity index (χ4n) is 10.6. The molecule has 0 bridgehead atoms. The lowest BCUT2D eigenvalue weighted by atomic mass is 9.91. The number of rotatable bonds is 16. The number of allylic oxidation sites excluding steroid dienone is 3. The summed E-state index contributed by atoms with van der Waals surface area (Å²) >= 11 is 0. The van der Waals surface area contributed by atoms with Crippen molar-refractivity contribution in [2.75, 3.05) is 0 Å². The highest BCUT2D eigenvalue weighted by molar-refractivity contribution is 6.11. The molecular weight excluding hydrogens is 761 g/mol. The molecule has 2 nitrogen and oxygen atoms in total. The van der Waals surface area contributed by atoms with Crippen LogP contribution in [0, 0.1) is 11.8 Å². The summed E-state index contributed by atoms with van der Waals surface area (Å²) in [5.74, 6) is 1.89. The van der Waals surface area contributed by atoms with E-state index in [9.17, 15) is 0 Å². The third-order valence-corrected chi connectivity index (χ3v) is 14.3. The number of para-hydroxylation sites is 2. The molecule has 0 radical (unpaired) electrons. The molecule has 2 aromatic heterocycles. The molecule has 0 saturated heterocycles. The maximum Gasteiger partial charge on any atom is 0.0541 e. The quantitative estimate of drug-likeness (QED) is 0.0918. The average molecular weight is 827 g/mol. The number of unbranched alkanes of at least 4 members (excludes halogenated alkanes) is 2. The third kappa shape index (κ3) is 8.62. The van der Waals surface area contributed by atoms with E-state index >= 15 is 0 Å². The van der Waals surface area contributed by atoms with Crippen molar-refractivity contribution in [1.82, 2.24) is 9.13 Å². The lowest BCUT2D eigenvalue weighted by Gasteiger charge is -2.19. The molecule has 0 spiro atoms. The van der Waals surface area contributed by atoms with Crippen molar-refractivity contribution in [1.29, 1.82) is 0 Å². The van der Waals surface area contributed by atoms with Crippen LogP contribution in [0.2, 0.25) is 0 Å². The first-order chi connectivity index (χ1) is 31.0. The van der Waals surface area contributed by atoms with Crippen molar-refractivity contribution < 1.29 is 0 Å². The highest BCUT2D eigenvalue weighted by atomic mass is 15.0. The molecule has 0 fully saturated rings. The molecule has 63 heavy (non-hydrogen) atoms. The molecule has 3 unspecified atom stereocenters. The first-order valence-electron chi connectivity index (χ1n) is 24.3. The Morgan fingerprint density at radius 2 is 1.13 bits per heavy atom. The number of aromatic nitrogens is 2. The summed E-state index contributed by atoms with van der Waals surface area (Å²) < 4.78 is 5.05. The van der Waals surface area contributed by atoms with Crippen LogP contribution in [0.3, 0.4) is 0 Å². The van der Waals surface area contributed by atoms with Crippen molar-refractivity contribution in [3.05, 3.63) is 174 Å². The molecule has 2 heterocycles. The summed E-state index contributed by atoms with van der Waals surface area (Å²) in [5.41, 5.74) is 16.8. The van der Waals surface area contributed by atoms with Crippen LogP contribution >= 0.6 is 0 Å². The van der Waals surface area contributed by atoms with E-state index in [1.54, 1.807) is 0 Å². The van der Waals surface area contributed by atoms with E-state index in [-0.39, 0.29) is 0 Å². The molecule has 2 heteroatoms. The van der Waals surface area contributed by atoms with Crippen LogP contribution in [0.5, 0.6) is 0 Å². The normalized spacial score (nSPS) is 15.4. The van der Waals surface area contributed by atoms with Gasteiger partial charge in [-0.1, -0.05) is 195 Å². The fraction of sp³-hybridized carbons (Fsp3) is 0.311. The average Bonchev–Trinajstić information content (AvgIpc) is 3.82. The summed E-state index contributed by atoms with van der Waals surface area (Å²) in [7, 11) is 0. The van der Waals surface area contributed by atoms with Crippen LogP contribution in [0.25, 0.3) is 72.4 Å². The summed E-state index contributed by atoms with van der Waals surface area (Å²) in [5, 5.41) is 3.86. The van der Waals surface area contributed by atoms with Gasteiger partial charge in [0.25, 0.3) is 0 Å². The molecule has 8 aromatic rings. The smallest absolute Gasteiger partial charge is 0.0541 e. The van der Waals surface area contributed by atoms with Crippen LogP contribution in [-0.2, 0) is 12.8 Å². The van der Waals surface area contributed by atoms with Crippen LogP contribution in [0.15, 0.2) is 152 Å². The van der Waals surface area contributed by atoms with Crippen LogP contribution in [-0.4, -0.2) is 9.13 Å². The molecule has 3 atom stereocenters. The Morgan fingerprint density at radius 1 is 0.540 bits per heavy atom. The van der Waals surface area contributed by atoms with Crippen LogP contribution in [0.1, 0.15) is 121 Å². The second-order valence-electron chi connectivity index (χ2n) is 18.5. The Kier molecular flexibility index (Phi) is 13.0. The van der Waals surface area contributed by atoms with Crippen LogP contribution < -0.4 is 0 Å². The molecule has 1 aliphatic rings. The van der Waals surface area contributed by atoms with Gasteiger partial charge in [-0.25, -0.2) is 0 Å². The van der Waals surface area contributed by atoms with Gasteiger partial charge in [0.1, 0.15) is 0 Å². The monoisotopic (exact) mass is 827 g/mol. The number of fused-ring (bicyclic) bond motifs is 6. The molecule has 0 saturated carbocycles. The van der Waals surface area contributed by atoms with Gasteiger partial charge in [0, 0.05) is 44.6 Å². The van der Waals surface area contributed by atoms with E-state index in [1.165, 1.54) is 147 Å².